The van der Waals surface area contributed by atoms with Gasteiger partial charge in [-0.3, -0.25) is 0 Å². The molecule has 0 unspecified atom stereocenters. The lowest BCUT2D eigenvalue weighted by molar-refractivity contribution is 0.349. The van der Waals surface area contributed by atoms with Gasteiger partial charge in [0.05, 0.1) is 0 Å². The smallest absolute Gasteiger partial charge is 0.225 e. The van der Waals surface area contributed by atoms with Crippen molar-refractivity contribution in [1.29, 1.82) is 0 Å². The van der Waals surface area contributed by atoms with Gasteiger partial charge in [0.1, 0.15) is 12.4 Å². The Hall–Kier alpha value is -1.78. The highest BCUT2D eigenvalue weighted by Crippen LogP contribution is 2.14. The van der Waals surface area contributed by atoms with Gasteiger partial charge in [-0.15, -0.1) is 0 Å². The third-order valence-corrected chi connectivity index (χ3v) is 1.63. The molecule has 1 aromatic rings. The van der Waals surface area contributed by atoms with Crippen LogP contribution in [0.15, 0.2) is 18.7 Å². The average Bonchev–Trinajstić information content (AvgIpc) is 2.23. The van der Waals surface area contributed by atoms with Crippen molar-refractivity contribution in [3.05, 3.63) is 18.7 Å². The molecule has 1 rings (SSSR count). The van der Waals surface area contributed by atoms with Gasteiger partial charge < -0.3 is 15.8 Å². The number of nitrogen functional groups attached to an aromatic ring is 1. The van der Waals surface area contributed by atoms with Gasteiger partial charge in [-0.1, -0.05) is 19.6 Å². The van der Waals surface area contributed by atoms with Crippen LogP contribution in [-0.2, 0) is 0 Å². The second-order valence-corrected chi connectivity index (χ2v) is 2.98. The number of nitrogens with one attached hydrogen (secondary N) is 1. The van der Waals surface area contributed by atoms with E-state index in [1.807, 2.05) is 0 Å². The maximum Gasteiger partial charge on any atom is 0.225 e. The molecule has 0 spiro atoms. The highest BCUT2D eigenvalue weighted by atomic mass is 16.5. The molecule has 0 atom stereocenters. The zero-order valence-corrected chi connectivity index (χ0v) is 8.86. The molecule has 3 N–H and O–H groups in total. The molecule has 0 aliphatic rings. The van der Waals surface area contributed by atoms with E-state index in [1.165, 1.54) is 0 Å². The van der Waals surface area contributed by atoms with Gasteiger partial charge in [0.15, 0.2) is 0 Å². The Balaban J connectivity index is 2.70. The van der Waals surface area contributed by atoms with E-state index in [0.29, 0.717) is 18.3 Å². The number of anilines is 2. The quantitative estimate of drug-likeness (QED) is 0.692. The molecular weight excluding hydrogens is 192 g/mol. The Labute approximate surface area is 89.4 Å². The Kier molecular flexibility index (Phi) is 4.40. The van der Waals surface area contributed by atoms with Gasteiger partial charge in [-0.05, 0) is 6.42 Å². The Morgan fingerprint density at radius 2 is 2.40 bits per heavy atom. The van der Waals surface area contributed by atoms with E-state index in [9.17, 15) is 0 Å². The van der Waals surface area contributed by atoms with E-state index in [0.717, 1.165) is 13.0 Å². The lowest BCUT2D eigenvalue weighted by Gasteiger charge is -2.07. The summed E-state index contributed by atoms with van der Waals surface area (Å²) in [7, 11) is 0. The fraction of sp³-hybridized carbons (Fsp3) is 0.400. The molecule has 0 aliphatic carbocycles. The molecule has 1 aromatic heterocycles. The molecular formula is C10H16N4O. The molecule has 15 heavy (non-hydrogen) atoms. The van der Waals surface area contributed by atoms with Gasteiger partial charge in [0, 0.05) is 12.6 Å². The normalized spacial score (nSPS) is 9.67. The number of aromatic nitrogens is 2. The van der Waals surface area contributed by atoms with Crippen molar-refractivity contribution in [2.75, 3.05) is 24.2 Å². The van der Waals surface area contributed by atoms with Crippen LogP contribution in [0.2, 0.25) is 0 Å². The molecule has 0 amide bonds. The molecule has 82 valence electrons. The van der Waals surface area contributed by atoms with Gasteiger partial charge in [0.2, 0.25) is 11.8 Å². The second-order valence-electron chi connectivity index (χ2n) is 2.98. The minimum Gasteiger partial charge on any atom is -0.473 e. The number of nitrogens with two attached hydrogens (primary N) is 1. The van der Waals surface area contributed by atoms with E-state index >= 15 is 0 Å². The summed E-state index contributed by atoms with van der Waals surface area (Å²) in [6, 6.07) is 1.72. The topological polar surface area (TPSA) is 73.1 Å². The molecule has 5 nitrogen and oxygen atoms in total. The minimum absolute atomic E-state index is 0.204. The zero-order valence-electron chi connectivity index (χ0n) is 8.86. The molecule has 0 saturated heterocycles. The molecule has 0 saturated carbocycles. The SMILES string of the molecule is C=CCOc1cc(NCCC)nc(N)n1. The fourth-order valence-corrected chi connectivity index (χ4v) is 1.00. The molecule has 1 heterocycles. The van der Waals surface area contributed by atoms with Crippen LogP contribution in [0.1, 0.15) is 13.3 Å². The van der Waals surface area contributed by atoms with Gasteiger partial charge in [-0.25, -0.2) is 0 Å². The number of hydrogen-bond donors (Lipinski definition) is 2. The van der Waals surface area contributed by atoms with Crippen LogP contribution < -0.4 is 15.8 Å². The fourth-order valence-electron chi connectivity index (χ4n) is 1.00. The molecule has 0 fully saturated rings. The zero-order chi connectivity index (χ0) is 11.1. The summed E-state index contributed by atoms with van der Waals surface area (Å²) < 4.78 is 5.27. The number of hydrogen-bond acceptors (Lipinski definition) is 5. The lowest BCUT2D eigenvalue weighted by Crippen LogP contribution is -2.06. The summed E-state index contributed by atoms with van der Waals surface area (Å²) in [6.07, 6.45) is 2.67. The highest BCUT2D eigenvalue weighted by Gasteiger charge is 2.01. The standard InChI is InChI=1S/C10H16N4O/c1-3-5-12-8-7-9(15-6-4-2)14-10(11)13-8/h4,7H,2-3,5-6H2,1H3,(H3,11,12,13,14). The van der Waals surface area contributed by atoms with Crippen LogP contribution in [0.3, 0.4) is 0 Å². The summed E-state index contributed by atoms with van der Waals surface area (Å²) in [5.74, 6) is 1.35. The maximum atomic E-state index is 5.53. The average molecular weight is 208 g/mol. The van der Waals surface area contributed by atoms with Crippen molar-refractivity contribution in [2.45, 2.75) is 13.3 Å². The summed E-state index contributed by atoms with van der Waals surface area (Å²) in [6.45, 7) is 6.88. The predicted molar refractivity (Wildman–Crippen MR) is 60.9 cm³/mol. The summed E-state index contributed by atoms with van der Waals surface area (Å²) in [4.78, 5) is 7.97. The van der Waals surface area contributed by atoms with Gasteiger partial charge >= 0.3 is 0 Å². The highest BCUT2D eigenvalue weighted by molar-refractivity contribution is 5.42. The molecule has 0 aromatic carbocycles. The van der Waals surface area contributed by atoms with E-state index < -0.39 is 0 Å². The van der Waals surface area contributed by atoms with Crippen LogP contribution in [0.4, 0.5) is 11.8 Å². The van der Waals surface area contributed by atoms with Crippen LogP contribution in [0.5, 0.6) is 5.88 Å². The van der Waals surface area contributed by atoms with E-state index in [2.05, 4.69) is 28.8 Å². The monoisotopic (exact) mass is 208 g/mol. The number of nitrogens with zero attached hydrogens (tertiary/aromatic N) is 2. The maximum absolute atomic E-state index is 5.53. The van der Waals surface area contributed by atoms with Crippen molar-refractivity contribution >= 4 is 11.8 Å². The summed E-state index contributed by atoms with van der Waals surface area (Å²) in [5, 5.41) is 3.12. The Bertz CT molecular complexity index is 327. The summed E-state index contributed by atoms with van der Waals surface area (Å²) >= 11 is 0. The Morgan fingerprint density at radius 3 is 3.07 bits per heavy atom. The van der Waals surface area contributed by atoms with Crippen LogP contribution >= 0.6 is 0 Å². The predicted octanol–water partition coefficient (Wildman–Crippen LogP) is 1.45. The molecule has 5 heteroatoms. The first kappa shape index (κ1) is 11.3. The molecule has 0 bridgehead atoms. The third-order valence-electron chi connectivity index (χ3n) is 1.63. The first-order valence-electron chi connectivity index (χ1n) is 4.88. The minimum atomic E-state index is 0.204. The van der Waals surface area contributed by atoms with Crippen LogP contribution in [0, 0.1) is 0 Å². The van der Waals surface area contributed by atoms with Crippen molar-refractivity contribution < 1.29 is 4.74 Å². The molecule has 0 aliphatic heterocycles. The van der Waals surface area contributed by atoms with Crippen LogP contribution in [-0.4, -0.2) is 23.1 Å². The lowest BCUT2D eigenvalue weighted by atomic mass is 10.4. The van der Waals surface area contributed by atoms with Crippen molar-refractivity contribution in [1.82, 2.24) is 9.97 Å². The van der Waals surface area contributed by atoms with Crippen molar-refractivity contribution in [2.24, 2.45) is 0 Å². The van der Waals surface area contributed by atoms with Crippen molar-refractivity contribution in [3.8, 4) is 5.88 Å². The number of rotatable bonds is 6. The molecule has 0 radical (unpaired) electrons. The van der Waals surface area contributed by atoms with E-state index in [1.54, 1.807) is 12.1 Å². The van der Waals surface area contributed by atoms with Gasteiger partial charge in [0.25, 0.3) is 0 Å². The Morgan fingerprint density at radius 1 is 1.60 bits per heavy atom. The first-order valence-corrected chi connectivity index (χ1v) is 4.88. The summed E-state index contributed by atoms with van der Waals surface area (Å²) in [5.41, 5.74) is 5.53. The second kappa shape index (κ2) is 5.85. The third kappa shape index (κ3) is 3.84. The van der Waals surface area contributed by atoms with Gasteiger partial charge in [-0.2, -0.15) is 9.97 Å². The van der Waals surface area contributed by atoms with Crippen molar-refractivity contribution in [3.63, 3.8) is 0 Å². The largest absolute Gasteiger partial charge is 0.473 e. The number of ether oxygens (including phenoxy) is 1. The van der Waals surface area contributed by atoms with Crippen LogP contribution in [0.25, 0.3) is 0 Å². The first-order chi connectivity index (χ1) is 7.26. The van der Waals surface area contributed by atoms with E-state index in [4.69, 9.17) is 10.5 Å². The van der Waals surface area contributed by atoms with E-state index in [-0.39, 0.29) is 5.95 Å².